The predicted octanol–water partition coefficient (Wildman–Crippen LogP) is 3.46. The van der Waals surface area contributed by atoms with Crippen LogP contribution in [0.1, 0.15) is 16.7 Å². The van der Waals surface area contributed by atoms with Crippen LogP contribution in [0.15, 0.2) is 40.9 Å². The molecule has 0 aromatic heterocycles. The average molecular weight is 348 g/mol. The highest BCUT2D eigenvalue weighted by Crippen LogP contribution is 2.27. The Hall–Kier alpha value is -1.52. The molecule has 0 saturated heterocycles. The van der Waals surface area contributed by atoms with E-state index in [0.717, 1.165) is 41.0 Å². The minimum atomic E-state index is 0.538. The van der Waals surface area contributed by atoms with E-state index in [9.17, 15) is 0 Å². The molecule has 0 saturated carbocycles. The molecule has 0 spiro atoms. The molecule has 21 heavy (non-hydrogen) atoms. The smallest absolute Gasteiger partial charge is 0.133 e. The minimum Gasteiger partial charge on any atom is -0.493 e. The maximum absolute atomic E-state index is 5.84. The Morgan fingerprint density at radius 2 is 2.00 bits per heavy atom. The Labute approximate surface area is 133 Å². The Balaban J connectivity index is 1.58. The van der Waals surface area contributed by atoms with Gasteiger partial charge < -0.3 is 15.2 Å². The van der Waals surface area contributed by atoms with Gasteiger partial charge in [-0.3, -0.25) is 0 Å². The number of hydrogen-bond acceptors (Lipinski definition) is 3. The topological polar surface area (TPSA) is 44.5 Å². The summed E-state index contributed by atoms with van der Waals surface area (Å²) in [4.78, 5) is 0. The number of fused-ring (bicyclic) bond motifs is 1. The first-order chi connectivity index (χ1) is 10.3. The van der Waals surface area contributed by atoms with E-state index in [1.165, 1.54) is 11.1 Å². The molecule has 4 heteroatoms. The van der Waals surface area contributed by atoms with Crippen molar-refractivity contribution >= 4 is 15.9 Å². The molecule has 0 fully saturated rings. The third-order valence-electron chi connectivity index (χ3n) is 3.63. The van der Waals surface area contributed by atoms with Crippen LogP contribution in [0.2, 0.25) is 0 Å². The highest BCUT2D eigenvalue weighted by Gasteiger charge is 2.12. The van der Waals surface area contributed by atoms with Crippen molar-refractivity contribution < 1.29 is 9.47 Å². The van der Waals surface area contributed by atoms with Gasteiger partial charge in [0, 0.05) is 19.4 Å². The first kappa shape index (κ1) is 14.4. The largest absolute Gasteiger partial charge is 0.493 e. The molecular formula is C17H18BrNO2. The van der Waals surface area contributed by atoms with Crippen LogP contribution in [-0.4, -0.2) is 13.2 Å². The molecule has 2 aromatic rings. The van der Waals surface area contributed by atoms with E-state index in [2.05, 4.69) is 34.1 Å². The van der Waals surface area contributed by atoms with Crippen LogP contribution in [0.4, 0.5) is 0 Å². The molecule has 3 rings (SSSR count). The third-order valence-corrected chi connectivity index (χ3v) is 4.25. The van der Waals surface area contributed by atoms with Gasteiger partial charge in [-0.1, -0.05) is 18.2 Å². The van der Waals surface area contributed by atoms with Crippen LogP contribution in [-0.2, 0) is 19.4 Å². The second kappa shape index (κ2) is 6.50. The number of ether oxygens (including phenoxy) is 2. The van der Waals surface area contributed by atoms with Crippen LogP contribution in [0.3, 0.4) is 0 Å². The summed E-state index contributed by atoms with van der Waals surface area (Å²) in [6.07, 6.45) is 1.90. The molecular weight excluding hydrogens is 330 g/mol. The van der Waals surface area contributed by atoms with Crippen LogP contribution in [0, 0.1) is 0 Å². The Morgan fingerprint density at radius 3 is 2.81 bits per heavy atom. The lowest BCUT2D eigenvalue weighted by Gasteiger charge is -2.10. The molecule has 0 radical (unpaired) electrons. The zero-order chi connectivity index (χ0) is 14.7. The molecule has 0 aliphatic carbocycles. The summed E-state index contributed by atoms with van der Waals surface area (Å²) in [6.45, 7) is 1.99. The van der Waals surface area contributed by atoms with Crippen molar-refractivity contribution in [1.82, 2.24) is 0 Å². The van der Waals surface area contributed by atoms with Gasteiger partial charge in [0.15, 0.2) is 0 Å². The quantitative estimate of drug-likeness (QED) is 0.900. The summed E-state index contributed by atoms with van der Waals surface area (Å²) in [5, 5.41) is 0. The van der Waals surface area contributed by atoms with Gasteiger partial charge in [-0.25, -0.2) is 0 Å². The molecule has 0 atom stereocenters. The maximum Gasteiger partial charge on any atom is 0.133 e. The lowest BCUT2D eigenvalue weighted by Crippen LogP contribution is -2.03. The summed E-state index contributed by atoms with van der Waals surface area (Å²) < 4.78 is 12.3. The van der Waals surface area contributed by atoms with Crippen molar-refractivity contribution in [2.45, 2.75) is 19.4 Å². The third kappa shape index (κ3) is 3.39. The number of nitrogens with two attached hydrogens (primary N) is 1. The van der Waals surface area contributed by atoms with Crippen molar-refractivity contribution in [1.29, 1.82) is 0 Å². The standard InChI is InChI=1S/C17H18BrNO2/c18-15-10-13(11-19)2-4-17(15)21-7-5-12-1-3-16-14(9-12)6-8-20-16/h1-4,9-10H,5-8,11,19H2. The lowest BCUT2D eigenvalue weighted by atomic mass is 10.1. The summed E-state index contributed by atoms with van der Waals surface area (Å²) in [5.41, 5.74) is 9.30. The van der Waals surface area contributed by atoms with Gasteiger partial charge in [0.1, 0.15) is 11.5 Å². The molecule has 110 valence electrons. The monoisotopic (exact) mass is 347 g/mol. The van der Waals surface area contributed by atoms with E-state index in [1.807, 2.05) is 18.2 Å². The Morgan fingerprint density at radius 1 is 1.14 bits per heavy atom. The van der Waals surface area contributed by atoms with E-state index in [-0.39, 0.29) is 0 Å². The molecule has 0 bridgehead atoms. The maximum atomic E-state index is 5.84. The van der Waals surface area contributed by atoms with Crippen molar-refractivity contribution in [2.75, 3.05) is 13.2 Å². The normalized spacial score (nSPS) is 12.9. The first-order valence-electron chi connectivity index (χ1n) is 7.12. The van der Waals surface area contributed by atoms with Gasteiger partial charge in [0.25, 0.3) is 0 Å². The summed E-state index contributed by atoms with van der Waals surface area (Å²) in [7, 11) is 0. The lowest BCUT2D eigenvalue weighted by molar-refractivity contribution is 0.320. The van der Waals surface area contributed by atoms with Gasteiger partial charge >= 0.3 is 0 Å². The van der Waals surface area contributed by atoms with Crippen LogP contribution >= 0.6 is 15.9 Å². The van der Waals surface area contributed by atoms with Gasteiger partial charge in [-0.2, -0.15) is 0 Å². The SMILES string of the molecule is NCc1ccc(OCCc2ccc3c(c2)CCO3)c(Br)c1. The molecule has 3 nitrogen and oxygen atoms in total. The Bertz CT molecular complexity index is 643. The fraction of sp³-hybridized carbons (Fsp3) is 0.294. The van der Waals surface area contributed by atoms with Crippen molar-refractivity contribution in [3.8, 4) is 11.5 Å². The van der Waals surface area contributed by atoms with Crippen molar-refractivity contribution in [2.24, 2.45) is 5.73 Å². The van der Waals surface area contributed by atoms with Crippen LogP contribution < -0.4 is 15.2 Å². The van der Waals surface area contributed by atoms with E-state index in [0.29, 0.717) is 13.2 Å². The van der Waals surface area contributed by atoms with E-state index < -0.39 is 0 Å². The van der Waals surface area contributed by atoms with E-state index in [4.69, 9.17) is 15.2 Å². The van der Waals surface area contributed by atoms with Gasteiger partial charge in [0.2, 0.25) is 0 Å². The molecule has 2 N–H and O–H groups in total. The molecule has 0 amide bonds. The molecule has 0 unspecified atom stereocenters. The minimum absolute atomic E-state index is 0.538. The molecule has 2 aromatic carbocycles. The predicted molar refractivity (Wildman–Crippen MR) is 86.9 cm³/mol. The highest BCUT2D eigenvalue weighted by molar-refractivity contribution is 9.10. The summed E-state index contributed by atoms with van der Waals surface area (Å²) in [5.74, 6) is 1.89. The summed E-state index contributed by atoms with van der Waals surface area (Å²) in [6, 6.07) is 12.3. The Kier molecular flexibility index (Phi) is 4.46. The second-order valence-corrected chi connectivity index (χ2v) is 5.96. The molecule has 1 aliphatic rings. The zero-order valence-corrected chi connectivity index (χ0v) is 13.4. The number of halogens is 1. The first-order valence-corrected chi connectivity index (χ1v) is 7.91. The zero-order valence-electron chi connectivity index (χ0n) is 11.8. The molecule has 1 aliphatic heterocycles. The number of hydrogen-bond donors (Lipinski definition) is 1. The van der Waals surface area contributed by atoms with Gasteiger partial charge in [0.05, 0.1) is 17.7 Å². The second-order valence-electron chi connectivity index (χ2n) is 5.11. The number of rotatable bonds is 5. The fourth-order valence-corrected chi connectivity index (χ4v) is 3.00. The van der Waals surface area contributed by atoms with E-state index >= 15 is 0 Å². The molecule has 1 heterocycles. The highest BCUT2D eigenvalue weighted by atomic mass is 79.9. The van der Waals surface area contributed by atoms with Crippen LogP contribution in [0.5, 0.6) is 11.5 Å². The van der Waals surface area contributed by atoms with Crippen LogP contribution in [0.25, 0.3) is 0 Å². The van der Waals surface area contributed by atoms with Gasteiger partial charge in [-0.15, -0.1) is 0 Å². The number of benzene rings is 2. The van der Waals surface area contributed by atoms with Gasteiger partial charge in [-0.05, 0) is 50.8 Å². The van der Waals surface area contributed by atoms with E-state index in [1.54, 1.807) is 0 Å². The average Bonchev–Trinajstić information content (AvgIpc) is 2.96. The summed E-state index contributed by atoms with van der Waals surface area (Å²) >= 11 is 3.52. The van der Waals surface area contributed by atoms with Crippen molar-refractivity contribution in [3.63, 3.8) is 0 Å². The fourth-order valence-electron chi connectivity index (χ4n) is 2.46. The van der Waals surface area contributed by atoms with Crippen molar-refractivity contribution in [3.05, 3.63) is 57.6 Å².